The van der Waals surface area contributed by atoms with E-state index in [-0.39, 0.29) is 11.3 Å². The summed E-state index contributed by atoms with van der Waals surface area (Å²) in [4.78, 5) is 12.5. The Balaban J connectivity index is 1.84. The summed E-state index contributed by atoms with van der Waals surface area (Å²) in [6, 6.07) is 0. The third-order valence-electron chi connectivity index (χ3n) is 4.74. The molecule has 110 valence electrons. The molecule has 1 saturated heterocycles. The lowest BCUT2D eigenvalue weighted by atomic mass is 9.78. The Kier molecular flexibility index (Phi) is 5.64. The fourth-order valence-electron chi connectivity index (χ4n) is 3.43. The van der Waals surface area contributed by atoms with Crippen molar-refractivity contribution in [3.63, 3.8) is 0 Å². The molecule has 4 heteroatoms. The fraction of sp³-hybridized carbons (Fsp3) is 0.933. The maximum absolute atomic E-state index is 12.5. The molecule has 2 aliphatic rings. The van der Waals surface area contributed by atoms with Gasteiger partial charge in [0.05, 0.1) is 12.0 Å². The third-order valence-corrected chi connectivity index (χ3v) is 4.74. The van der Waals surface area contributed by atoms with E-state index in [4.69, 9.17) is 4.74 Å². The van der Waals surface area contributed by atoms with Crippen molar-refractivity contribution in [2.75, 3.05) is 33.4 Å². The number of ether oxygens (including phenoxy) is 1. The summed E-state index contributed by atoms with van der Waals surface area (Å²) in [7, 11) is 1.69. The van der Waals surface area contributed by atoms with Gasteiger partial charge in [-0.2, -0.15) is 0 Å². The summed E-state index contributed by atoms with van der Waals surface area (Å²) in [5.41, 5.74) is -0.297. The summed E-state index contributed by atoms with van der Waals surface area (Å²) in [5.74, 6) is 0.903. The van der Waals surface area contributed by atoms with Gasteiger partial charge in [0.25, 0.3) is 0 Å². The van der Waals surface area contributed by atoms with E-state index in [2.05, 4.69) is 10.6 Å². The second kappa shape index (κ2) is 7.25. The molecule has 2 N–H and O–H groups in total. The van der Waals surface area contributed by atoms with E-state index < -0.39 is 0 Å². The van der Waals surface area contributed by atoms with E-state index in [1.807, 2.05) is 0 Å². The van der Waals surface area contributed by atoms with Crippen molar-refractivity contribution >= 4 is 5.91 Å². The highest BCUT2D eigenvalue weighted by atomic mass is 16.5. The molecule has 0 unspecified atom stereocenters. The first kappa shape index (κ1) is 14.8. The van der Waals surface area contributed by atoms with E-state index in [1.165, 1.54) is 32.1 Å². The molecule has 2 fully saturated rings. The van der Waals surface area contributed by atoms with Crippen molar-refractivity contribution in [3.05, 3.63) is 0 Å². The number of hydrogen-bond acceptors (Lipinski definition) is 3. The van der Waals surface area contributed by atoms with Crippen LogP contribution < -0.4 is 10.6 Å². The summed E-state index contributed by atoms with van der Waals surface area (Å²) in [6.07, 6.45) is 8.35. The monoisotopic (exact) mass is 268 g/mol. The number of amides is 1. The molecule has 1 amide bonds. The Hall–Kier alpha value is -0.610. The average Bonchev–Trinajstić information content (AvgIpc) is 2.47. The van der Waals surface area contributed by atoms with Gasteiger partial charge in [-0.05, 0) is 44.7 Å². The minimum absolute atomic E-state index is 0.210. The van der Waals surface area contributed by atoms with Crippen LogP contribution in [0.15, 0.2) is 0 Å². The normalized spacial score (nSPS) is 24.1. The van der Waals surface area contributed by atoms with Crippen molar-refractivity contribution in [1.29, 1.82) is 0 Å². The molecule has 2 rings (SSSR count). The number of carbonyl (C=O) groups is 1. The largest absolute Gasteiger partial charge is 0.384 e. The Morgan fingerprint density at radius 2 is 1.95 bits per heavy atom. The van der Waals surface area contributed by atoms with Crippen LogP contribution in [0.25, 0.3) is 0 Å². The first-order valence-corrected chi connectivity index (χ1v) is 7.75. The van der Waals surface area contributed by atoms with Crippen LogP contribution in [0.1, 0.15) is 44.9 Å². The zero-order chi connectivity index (χ0) is 13.6. The van der Waals surface area contributed by atoms with E-state index in [0.717, 1.165) is 32.5 Å². The highest BCUT2D eigenvalue weighted by Crippen LogP contribution is 2.30. The van der Waals surface area contributed by atoms with E-state index in [0.29, 0.717) is 12.5 Å². The van der Waals surface area contributed by atoms with Crippen LogP contribution in [0.5, 0.6) is 0 Å². The zero-order valence-electron chi connectivity index (χ0n) is 12.2. The molecule has 1 aliphatic heterocycles. The number of nitrogens with one attached hydrogen (secondary N) is 2. The number of carbonyl (C=O) groups excluding carboxylic acids is 1. The maximum atomic E-state index is 12.5. The second-order valence-electron chi connectivity index (χ2n) is 6.18. The van der Waals surface area contributed by atoms with Crippen LogP contribution in [0.2, 0.25) is 0 Å². The molecule has 0 radical (unpaired) electrons. The van der Waals surface area contributed by atoms with Crippen LogP contribution in [-0.4, -0.2) is 39.3 Å². The molecular weight excluding hydrogens is 240 g/mol. The minimum atomic E-state index is -0.297. The van der Waals surface area contributed by atoms with Gasteiger partial charge in [-0.25, -0.2) is 0 Å². The minimum Gasteiger partial charge on any atom is -0.384 e. The molecule has 1 aliphatic carbocycles. The van der Waals surface area contributed by atoms with E-state index >= 15 is 0 Å². The summed E-state index contributed by atoms with van der Waals surface area (Å²) in [6.45, 7) is 3.24. The van der Waals surface area contributed by atoms with Crippen LogP contribution in [0.3, 0.4) is 0 Å². The molecule has 0 spiro atoms. The molecule has 0 atom stereocenters. The topological polar surface area (TPSA) is 50.4 Å². The molecule has 1 heterocycles. The predicted octanol–water partition coefficient (Wildman–Crippen LogP) is 1.70. The summed E-state index contributed by atoms with van der Waals surface area (Å²) >= 11 is 0. The van der Waals surface area contributed by atoms with Crippen molar-refractivity contribution in [2.45, 2.75) is 44.9 Å². The molecule has 4 nitrogen and oxygen atoms in total. The predicted molar refractivity (Wildman–Crippen MR) is 76.0 cm³/mol. The van der Waals surface area contributed by atoms with Gasteiger partial charge in [0.2, 0.25) is 5.91 Å². The lowest BCUT2D eigenvalue weighted by Gasteiger charge is -2.36. The van der Waals surface area contributed by atoms with Gasteiger partial charge in [0, 0.05) is 13.7 Å². The lowest BCUT2D eigenvalue weighted by molar-refractivity contribution is -0.136. The Labute approximate surface area is 116 Å². The second-order valence-corrected chi connectivity index (χ2v) is 6.18. The molecule has 0 aromatic rings. The van der Waals surface area contributed by atoms with Crippen molar-refractivity contribution in [2.24, 2.45) is 11.3 Å². The molecule has 0 aromatic carbocycles. The van der Waals surface area contributed by atoms with Gasteiger partial charge in [-0.3, -0.25) is 4.79 Å². The van der Waals surface area contributed by atoms with Crippen molar-refractivity contribution in [1.82, 2.24) is 10.6 Å². The summed E-state index contributed by atoms with van der Waals surface area (Å²) < 4.78 is 5.31. The van der Waals surface area contributed by atoms with Gasteiger partial charge >= 0.3 is 0 Å². The van der Waals surface area contributed by atoms with E-state index in [9.17, 15) is 4.79 Å². The first-order chi connectivity index (χ1) is 9.27. The number of methoxy groups -OCH3 is 1. The third kappa shape index (κ3) is 3.93. The maximum Gasteiger partial charge on any atom is 0.228 e. The average molecular weight is 268 g/mol. The molecule has 1 saturated carbocycles. The van der Waals surface area contributed by atoms with Gasteiger partial charge in [0.15, 0.2) is 0 Å². The number of hydrogen-bond donors (Lipinski definition) is 2. The molecule has 0 aromatic heterocycles. The first-order valence-electron chi connectivity index (χ1n) is 7.75. The Morgan fingerprint density at radius 1 is 1.26 bits per heavy atom. The highest BCUT2D eigenvalue weighted by molar-refractivity contribution is 5.83. The van der Waals surface area contributed by atoms with Crippen LogP contribution in [0, 0.1) is 11.3 Å². The Bertz CT molecular complexity index is 276. The quantitative estimate of drug-likeness (QED) is 0.798. The molecule has 0 bridgehead atoms. The highest BCUT2D eigenvalue weighted by Gasteiger charge is 2.39. The van der Waals surface area contributed by atoms with Crippen LogP contribution in [0.4, 0.5) is 0 Å². The number of rotatable bonds is 5. The van der Waals surface area contributed by atoms with Crippen molar-refractivity contribution < 1.29 is 9.53 Å². The molecular formula is C15H28N2O2. The van der Waals surface area contributed by atoms with Crippen LogP contribution in [-0.2, 0) is 9.53 Å². The SMILES string of the molecule is COCC1(C(=O)NCC2CCCCC2)CCNCC1. The lowest BCUT2D eigenvalue weighted by Crippen LogP contribution is -2.51. The smallest absolute Gasteiger partial charge is 0.228 e. The van der Waals surface area contributed by atoms with Crippen molar-refractivity contribution in [3.8, 4) is 0 Å². The fourth-order valence-corrected chi connectivity index (χ4v) is 3.43. The summed E-state index contributed by atoms with van der Waals surface area (Å²) in [5, 5.41) is 6.52. The van der Waals surface area contributed by atoms with Gasteiger partial charge in [0.1, 0.15) is 0 Å². The van der Waals surface area contributed by atoms with E-state index in [1.54, 1.807) is 7.11 Å². The zero-order valence-corrected chi connectivity index (χ0v) is 12.2. The van der Waals surface area contributed by atoms with Gasteiger partial charge in [-0.1, -0.05) is 19.3 Å². The standard InChI is InChI=1S/C15H28N2O2/c1-19-12-15(7-9-16-10-8-15)14(18)17-11-13-5-3-2-4-6-13/h13,16H,2-12H2,1H3,(H,17,18). The Morgan fingerprint density at radius 3 is 2.58 bits per heavy atom. The molecule has 19 heavy (non-hydrogen) atoms. The van der Waals surface area contributed by atoms with Crippen LogP contribution >= 0.6 is 0 Å². The van der Waals surface area contributed by atoms with Gasteiger partial charge in [-0.15, -0.1) is 0 Å². The van der Waals surface area contributed by atoms with Gasteiger partial charge < -0.3 is 15.4 Å². The number of piperidine rings is 1.